The molecule has 0 unspecified atom stereocenters. The highest BCUT2D eigenvalue weighted by molar-refractivity contribution is 9.10. The number of carbonyl (C=O) groups is 1. The zero-order valence-electron chi connectivity index (χ0n) is 19.7. The molecule has 198 valence electrons. The number of hydrazone groups is 1. The Bertz CT molecular complexity index is 1480. The van der Waals surface area contributed by atoms with Crippen LogP contribution in [0.5, 0.6) is 11.5 Å². The molecule has 1 aliphatic rings. The van der Waals surface area contributed by atoms with E-state index in [1.165, 1.54) is 31.2 Å². The van der Waals surface area contributed by atoms with E-state index in [4.69, 9.17) is 9.47 Å². The molecule has 0 fully saturated rings. The molecule has 0 bridgehead atoms. The molecule has 5 nitrogen and oxygen atoms in total. The van der Waals surface area contributed by atoms with E-state index in [9.17, 15) is 31.1 Å². The molecule has 0 aromatic heterocycles. The number of anilines is 1. The molecule has 1 amide bonds. The van der Waals surface area contributed by atoms with Crippen LogP contribution in [0.3, 0.4) is 0 Å². The molecule has 3 aromatic carbocycles. The lowest BCUT2D eigenvalue weighted by molar-refractivity contribution is -0.114. The first kappa shape index (κ1) is 27.2. The summed E-state index contributed by atoms with van der Waals surface area (Å²) < 4.78 is 94.8. The molecule has 0 radical (unpaired) electrons. The number of halogens is 7. The topological polar surface area (TPSA) is 51.1 Å². The van der Waals surface area contributed by atoms with Gasteiger partial charge in [-0.15, -0.1) is 0 Å². The number of amides is 1. The van der Waals surface area contributed by atoms with Gasteiger partial charge in [-0.1, -0.05) is 12.1 Å². The van der Waals surface area contributed by atoms with Gasteiger partial charge < -0.3 is 9.47 Å². The van der Waals surface area contributed by atoms with Crippen molar-refractivity contribution < 1.29 is 40.6 Å². The molecule has 0 spiro atoms. The minimum Gasteiger partial charge on any atom is -0.490 e. The fraction of sp³-hybridized carbons (Fsp3) is 0.154. The standard InChI is InChI=1S/C26H17BrF6N2O3/c1-3-37-18-10-14(9-17(27)25(18)38-11-13-5-4-6-15(28)7-13)8-16-12(2)34-35(26(16)36)24-22(32)20(30)19(29)21(31)23(24)33/h4-10H,3,11H2,1-2H3/b16-8+. The van der Waals surface area contributed by atoms with Gasteiger partial charge in [-0.3, -0.25) is 4.79 Å². The summed E-state index contributed by atoms with van der Waals surface area (Å²) in [6.45, 7) is 3.34. The number of benzene rings is 3. The van der Waals surface area contributed by atoms with Crippen LogP contribution in [0.15, 0.2) is 51.5 Å². The normalized spacial score (nSPS) is 14.3. The minimum absolute atomic E-state index is 0.0258. The molecule has 38 heavy (non-hydrogen) atoms. The van der Waals surface area contributed by atoms with Gasteiger partial charge in [-0.2, -0.15) is 10.1 Å². The molecule has 1 heterocycles. The van der Waals surface area contributed by atoms with Crippen LogP contribution in [0.4, 0.5) is 32.0 Å². The highest BCUT2D eigenvalue weighted by Gasteiger charge is 2.37. The van der Waals surface area contributed by atoms with Crippen molar-refractivity contribution in [2.24, 2.45) is 5.10 Å². The number of hydrogen-bond acceptors (Lipinski definition) is 4. The maximum Gasteiger partial charge on any atom is 0.280 e. The van der Waals surface area contributed by atoms with Crippen LogP contribution in [0.1, 0.15) is 25.0 Å². The van der Waals surface area contributed by atoms with Gasteiger partial charge in [0.2, 0.25) is 5.82 Å². The summed E-state index contributed by atoms with van der Waals surface area (Å²) in [5.74, 6) is -12.1. The Morgan fingerprint density at radius 1 is 0.947 bits per heavy atom. The zero-order chi connectivity index (χ0) is 27.7. The largest absolute Gasteiger partial charge is 0.490 e. The average molecular weight is 599 g/mol. The van der Waals surface area contributed by atoms with Crippen molar-refractivity contribution in [1.82, 2.24) is 0 Å². The van der Waals surface area contributed by atoms with Crippen molar-refractivity contribution in [2.75, 3.05) is 11.6 Å². The van der Waals surface area contributed by atoms with Gasteiger partial charge in [0.15, 0.2) is 34.8 Å². The van der Waals surface area contributed by atoms with Crippen LogP contribution in [-0.4, -0.2) is 18.2 Å². The molecular formula is C26H17BrF6N2O3. The molecule has 12 heteroatoms. The number of rotatable bonds is 7. The molecule has 0 saturated heterocycles. The average Bonchev–Trinajstić information content (AvgIpc) is 3.14. The molecule has 0 saturated carbocycles. The molecule has 0 N–H and O–H groups in total. The summed E-state index contributed by atoms with van der Waals surface area (Å²) in [7, 11) is 0. The summed E-state index contributed by atoms with van der Waals surface area (Å²) >= 11 is 3.37. The minimum atomic E-state index is -2.35. The van der Waals surface area contributed by atoms with E-state index < -0.39 is 46.5 Å². The highest BCUT2D eigenvalue weighted by Crippen LogP contribution is 2.39. The Kier molecular flexibility index (Phi) is 7.81. The van der Waals surface area contributed by atoms with Crippen LogP contribution in [-0.2, 0) is 11.4 Å². The van der Waals surface area contributed by atoms with Crippen molar-refractivity contribution in [1.29, 1.82) is 0 Å². The summed E-state index contributed by atoms with van der Waals surface area (Å²) in [4.78, 5) is 13.0. The highest BCUT2D eigenvalue weighted by atomic mass is 79.9. The molecule has 0 atom stereocenters. The molecular weight excluding hydrogens is 582 g/mol. The summed E-state index contributed by atoms with van der Waals surface area (Å²) in [5.41, 5.74) is -0.722. The quantitative estimate of drug-likeness (QED) is 0.126. The lowest BCUT2D eigenvalue weighted by Crippen LogP contribution is -2.25. The van der Waals surface area contributed by atoms with E-state index in [-0.39, 0.29) is 35.3 Å². The Labute approximate surface area is 221 Å². The molecule has 1 aliphatic heterocycles. The molecule has 4 rings (SSSR count). The monoisotopic (exact) mass is 598 g/mol. The Balaban J connectivity index is 1.68. The van der Waals surface area contributed by atoms with Gasteiger partial charge in [0, 0.05) is 0 Å². The second-order valence-electron chi connectivity index (χ2n) is 7.96. The maximum atomic E-state index is 14.3. The van der Waals surface area contributed by atoms with Gasteiger partial charge in [-0.25, -0.2) is 26.3 Å². The second kappa shape index (κ2) is 10.9. The fourth-order valence-electron chi connectivity index (χ4n) is 3.64. The van der Waals surface area contributed by atoms with E-state index in [1.54, 1.807) is 25.1 Å². The third-order valence-corrected chi connectivity index (χ3v) is 5.96. The van der Waals surface area contributed by atoms with E-state index in [2.05, 4.69) is 21.0 Å². The zero-order valence-corrected chi connectivity index (χ0v) is 21.3. The van der Waals surface area contributed by atoms with Crippen LogP contribution < -0.4 is 14.5 Å². The first-order chi connectivity index (χ1) is 18.0. The van der Waals surface area contributed by atoms with Crippen LogP contribution in [0, 0.1) is 34.9 Å². The van der Waals surface area contributed by atoms with Gasteiger partial charge in [0.05, 0.1) is 22.4 Å². The number of carbonyl (C=O) groups excluding carboxylic acids is 1. The van der Waals surface area contributed by atoms with E-state index in [1.807, 2.05) is 0 Å². The van der Waals surface area contributed by atoms with Crippen LogP contribution in [0.25, 0.3) is 6.08 Å². The van der Waals surface area contributed by atoms with Crippen LogP contribution >= 0.6 is 15.9 Å². The first-order valence-electron chi connectivity index (χ1n) is 11.0. The smallest absolute Gasteiger partial charge is 0.280 e. The lowest BCUT2D eigenvalue weighted by atomic mass is 10.1. The van der Waals surface area contributed by atoms with Crippen molar-refractivity contribution >= 4 is 39.3 Å². The number of ether oxygens (including phenoxy) is 2. The summed E-state index contributed by atoms with van der Waals surface area (Å²) in [6, 6.07) is 8.91. The van der Waals surface area contributed by atoms with Gasteiger partial charge in [0.25, 0.3) is 5.91 Å². The van der Waals surface area contributed by atoms with E-state index >= 15 is 0 Å². The number of nitrogens with zero attached hydrogens (tertiary/aromatic N) is 2. The van der Waals surface area contributed by atoms with Crippen LogP contribution in [0.2, 0.25) is 0 Å². The summed E-state index contributed by atoms with van der Waals surface area (Å²) in [5, 5.41) is 3.85. The molecule has 0 aliphatic carbocycles. The predicted molar refractivity (Wildman–Crippen MR) is 131 cm³/mol. The number of hydrogen-bond donors (Lipinski definition) is 0. The Morgan fingerprint density at radius 2 is 1.61 bits per heavy atom. The SMILES string of the molecule is CCOc1cc(/C=C2/C(=O)N(c3c(F)c(F)c(F)c(F)c3F)N=C2C)cc(Br)c1OCc1cccc(F)c1. The van der Waals surface area contributed by atoms with Crippen molar-refractivity contribution in [3.8, 4) is 11.5 Å². The predicted octanol–water partition coefficient (Wildman–Crippen LogP) is 7.07. The lowest BCUT2D eigenvalue weighted by Gasteiger charge is -2.16. The third-order valence-electron chi connectivity index (χ3n) is 5.38. The van der Waals surface area contributed by atoms with E-state index in [0.717, 1.165) is 0 Å². The molecule has 3 aromatic rings. The van der Waals surface area contributed by atoms with Crippen molar-refractivity contribution in [3.05, 3.63) is 92.5 Å². The Hall–Kier alpha value is -3.80. The first-order valence-corrected chi connectivity index (χ1v) is 11.8. The second-order valence-corrected chi connectivity index (χ2v) is 8.81. The van der Waals surface area contributed by atoms with Gasteiger partial charge in [-0.05, 0) is 71.2 Å². The summed E-state index contributed by atoms with van der Waals surface area (Å²) in [6.07, 6.45) is 1.32. The fourth-order valence-corrected chi connectivity index (χ4v) is 4.21. The third kappa shape index (κ3) is 5.13. The van der Waals surface area contributed by atoms with Gasteiger partial charge >= 0.3 is 0 Å². The maximum absolute atomic E-state index is 14.3. The van der Waals surface area contributed by atoms with Crippen molar-refractivity contribution in [2.45, 2.75) is 20.5 Å². The Morgan fingerprint density at radius 3 is 2.24 bits per heavy atom. The van der Waals surface area contributed by atoms with Gasteiger partial charge in [0.1, 0.15) is 18.1 Å². The van der Waals surface area contributed by atoms with E-state index in [0.29, 0.717) is 21.3 Å². The van der Waals surface area contributed by atoms with Crippen molar-refractivity contribution in [3.63, 3.8) is 0 Å².